The summed E-state index contributed by atoms with van der Waals surface area (Å²) in [6.45, 7) is 8.52. The van der Waals surface area contributed by atoms with Crippen molar-refractivity contribution in [1.82, 2.24) is 9.78 Å². The standard InChI is InChI=1S/C22H27N5O.HI/c1-15(2)28-20-12-10-18(11-13-20)25-22(23)24-14-21-16(3)26-27(17(21)4)19-8-6-5-7-9-19;/h5-13,15H,14H2,1-4H3,(H3,23,24,25);1H. The fraction of sp³-hybridized carbons (Fsp3) is 0.273. The maximum atomic E-state index is 6.07. The lowest BCUT2D eigenvalue weighted by Gasteiger charge is -2.11. The molecule has 0 saturated heterocycles. The van der Waals surface area contributed by atoms with Crippen LogP contribution in [0.15, 0.2) is 59.6 Å². The number of nitrogens with two attached hydrogens (primary N) is 1. The number of anilines is 1. The molecule has 7 heteroatoms. The molecule has 1 aromatic heterocycles. The number of guanidine groups is 1. The Kier molecular flexibility index (Phi) is 8.07. The van der Waals surface area contributed by atoms with Crippen molar-refractivity contribution in [2.24, 2.45) is 10.7 Å². The van der Waals surface area contributed by atoms with E-state index in [2.05, 4.69) is 22.3 Å². The van der Waals surface area contributed by atoms with Crippen LogP contribution in [0.25, 0.3) is 5.69 Å². The van der Waals surface area contributed by atoms with Crippen molar-refractivity contribution in [2.75, 3.05) is 5.32 Å². The van der Waals surface area contributed by atoms with Crippen LogP contribution in [0.3, 0.4) is 0 Å². The highest BCUT2D eigenvalue weighted by molar-refractivity contribution is 14.0. The molecule has 0 bridgehead atoms. The third-order valence-corrected chi connectivity index (χ3v) is 4.35. The van der Waals surface area contributed by atoms with Crippen molar-refractivity contribution in [3.05, 3.63) is 71.5 Å². The second-order valence-electron chi connectivity index (χ2n) is 6.91. The number of hydrogen-bond donors (Lipinski definition) is 2. The zero-order valence-corrected chi connectivity index (χ0v) is 19.5. The number of aliphatic imine (C=N–C) groups is 1. The molecule has 0 amide bonds. The minimum atomic E-state index is 0. The van der Waals surface area contributed by atoms with Crippen LogP contribution in [0.4, 0.5) is 5.69 Å². The van der Waals surface area contributed by atoms with Crippen LogP contribution in [0.2, 0.25) is 0 Å². The number of hydrogen-bond acceptors (Lipinski definition) is 3. The first-order valence-electron chi connectivity index (χ1n) is 9.38. The number of nitrogens with zero attached hydrogens (tertiary/aromatic N) is 3. The third-order valence-electron chi connectivity index (χ3n) is 4.35. The van der Waals surface area contributed by atoms with Gasteiger partial charge in [0.2, 0.25) is 0 Å². The van der Waals surface area contributed by atoms with Gasteiger partial charge in [-0.1, -0.05) is 18.2 Å². The summed E-state index contributed by atoms with van der Waals surface area (Å²) in [6.07, 6.45) is 0.147. The van der Waals surface area contributed by atoms with Crippen molar-refractivity contribution >= 4 is 35.6 Å². The molecule has 0 atom stereocenters. The van der Waals surface area contributed by atoms with Gasteiger partial charge in [-0.25, -0.2) is 9.67 Å². The van der Waals surface area contributed by atoms with Crippen LogP contribution in [-0.4, -0.2) is 21.8 Å². The summed E-state index contributed by atoms with van der Waals surface area (Å²) in [5.74, 6) is 1.19. The molecule has 0 aliphatic carbocycles. The Bertz CT molecular complexity index is 949. The SMILES string of the molecule is Cc1nn(-c2ccccc2)c(C)c1CN=C(N)Nc1ccc(OC(C)C)cc1.I. The fourth-order valence-electron chi connectivity index (χ4n) is 2.97. The lowest BCUT2D eigenvalue weighted by molar-refractivity contribution is 0.242. The lowest BCUT2D eigenvalue weighted by atomic mass is 10.2. The van der Waals surface area contributed by atoms with E-state index in [-0.39, 0.29) is 30.1 Å². The van der Waals surface area contributed by atoms with Gasteiger partial charge >= 0.3 is 0 Å². The molecule has 3 rings (SSSR count). The largest absolute Gasteiger partial charge is 0.491 e. The molecule has 0 aliphatic heterocycles. The Balaban J connectivity index is 0.00000300. The maximum absolute atomic E-state index is 6.07. The summed E-state index contributed by atoms with van der Waals surface area (Å²) in [6, 6.07) is 17.7. The van der Waals surface area contributed by atoms with E-state index in [0.717, 1.165) is 34.1 Å². The molecule has 1 heterocycles. The molecule has 0 fully saturated rings. The molecule has 154 valence electrons. The van der Waals surface area contributed by atoms with E-state index in [1.54, 1.807) is 0 Å². The molecule has 0 unspecified atom stereocenters. The second-order valence-corrected chi connectivity index (χ2v) is 6.91. The lowest BCUT2D eigenvalue weighted by Crippen LogP contribution is -2.22. The van der Waals surface area contributed by atoms with E-state index < -0.39 is 0 Å². The highest BCUT2D eigenvalue weighted by atomic mass is 127. The molecule has 3 N–H and O–H groups in total. The van der Waals surface area contributed by atoms with Gasteiger partial charge in [-0.2, -0.15) is 5.10 Å². The summed E-state index contributed by atoms with van der Waals surface area (Å²) in [5, 5.41) is 7.76. The van der Waals surface area contributed by atoms with E-state index in [1.165, 1.54) is 0 Å². The van der Waals surface area contributed by atoms with Gasteiger partial charge < -0.3 is 15.8 Å². The van der Waals surface area contributed by atoms with Crippen molar-refractivity contribution in [3.8, 4) is 11.4 Å². The van der Waals surface area contributed by atoms with Gasteiger partial charge in [0.1, 0.15) is 5.75 Å². The molecular weight excluding hydrogens is 477 g/mol. The molecule has 29 heavy (non-hydrogen) atoms. The van der Waals surface area contributed by atoms with Crippen LogP contribution >= 0.6 is 24.0 Å². The average Bonchev–Trinajstić information content (AvgIpc) is 2.96. The van der Waals surface area contributed by atoms with E-state index in [1.807, 2.05) is 80.1 Å². The predicted molar refractivity (Wildman–Crippen MR) is 130 cm³/mol. The Morgan fingerprint density at radius 1 is 1.10 bits per heavy atom. The third kappa shape index (κ3) is 5.96. The van der Waals surface area contributed by atoms with Crippen LogP contribution in [0.5, 0.6) is 5.75 Å². The Hall–Kier alpha value is -2.55. The zero-order chi connectivity index (χ0) is 20.1. The number of para-hydroxylation sites is 1. The number of nitrogens with one attached hydrogen (secondary N) is 1. The monoisotopic (exact) mass is 505 g/mol. The zero-order valence-electron chi connectivity index (χ0n) is 17.2. The first-order chi connectivity index (χ1) is 13.4. The molecule has 0 saturated carbocycles. The Morgan fingerprint density at radius 2 is 1.76 bits per heavy atom. The topological polar surface area (TPSA) is 77.5 Å². The van der Waals surface area contributed by atoms with E-state index in [4.69, 9.17) is 10.5 Å². The van der Waals surface area contributed by atoms with Gasteiger partial charge in [0.25, 0.3) is 0 Å². The highest BCUT2D eigenvalue weighted by Crippen LogP contribution is 2.19. The minimum Gasteiger partial charge on any atom is -0.491 e. The first-order valence-corrected chi connectivity index (χ1v) is 9.38. The number of aromatic nitrogens is 2. The molecule has 2 aromatic carbocycles. The van der Waals surface area contributed by atoms with Gasteiger partial charge in [-0.3, -0.25) is 0 Å². The van der Waals surface area contributed by atoms with Crippen LogP contribution in [0.1, 0.15) is 30.8 Å². The van der Waals surface area contributed by atoms with Crippen LogP contribution < -0.4 is 15.8 Å². The second kappa shape index (κ2) is 10.3. The minimum absolute atomic E-state index is 0. The highest BCUT2D eigenvalue weighted by Gasteiger charge is 2.12. The summed E-state index contributed by atoms with van der Waals surface area (Å²) >= 11 is 0. The Labute approximate surface area is 189 Å². The summed E-state index contributed by atoms with van der Waals surface area (Å²) in [5.41, 5.74) is 11.1. The molecule has 0 aliphatic rings. The Morgan fingerprint density at radius 3 is 2.38 bits per heavy atom. The van der Waals surface area contributed by atoms with Gasteiger partial charge in [-0.05, 0) is 64.1 Å². The van der Waals surface area contributed by atoms with Crippen LogP contribution in [-0.2, 0) is 6.54 Å². The van der Waals surface area contributed by atoms with Crippen molar-refractivity contribution in [3.63, 3.8) is 0 Å². The molecular formula is C22H28IN5O. The smallest absolute Gasteiger partial charge is 0.193 e. The van der Waals surface area contributed by atoms with Gasteiger partial charge in [0, 0.05) is 16.9 Å². The van der Waals surface area contributed by atoms with Crippen molar-refractivity contribution < 1.29 is 4.74 Å². The molecule has 0 spiro atoms. The van der Waals surface area contributed by atoms with E-state index >= 15 is 0 Å². The normalized spacial score (nSPS) is 11.3. The number of rotatable bonds is 6. The van der Waals surface area contributed by atoms with Gasteiger partial charge in [0.05, 0.1) is 24.0 Å². The number of halogens is 1. The molecule has 0 radical (unpaired) electrons. The number of aryl methyl sites for hydroxylation is 1. The maximum Gasteiger partial charge on any atom is 0.193 e. The summed E-state index contributed by atoms with van der Waals surface area (Å²) in [4.78, 5) is 4.49. The van der Waals surface area contributed by atoms with Gasteiger partial charge in [-0.15, -0.1) is 24.0 Å². The summed E-state index contributed by atoms with van der Waals surface area (Å²) < 4.78 is 7.59. The fourth-order valence-corrected chi connectivity index (χ4v) is 2.97. The van der Waals surface area contributed by atoms with E-state index in [9.17, 15) is 0 Å². The first kappa shape index (κ1) is 22.7. The number of benzene rings is 2. The average molecular weight is 505 g/mol. The van der Waals surface area contributed by atoms with Crippen molar-refractivity contribution in [2.45, 2.75) is 40.3 Å². The van der Waals surface area contributed by atoms with E-state index in [0.29, 0.717) is 12.5 Å². The van der Waals surface area contributed by atoms with Crippen LogP contribution in [0, 0.1) is 13.8 Å². The molecule has 6 nitrogen and oxygen atoms in total. The van der Waals surface area contributed by atoms with Gasteiger partial charge in [0.15, 0.2) is 5.96 Å². The molecule has 3 aromatic rings. The van der Waals surface area contributed by atoms with Crippen molar-refractivity contribution in [1.29, 1.82) is 0 Å². The quantitative estimate of drug-likeness (QED) is 0.286. The predicted octanol–water partition coefficient (Wildman–Crippen LogP) is 4.82. The number of ether oxygens (including phenoxy) is 1. The summed E-state index contributed by atoms with van der Waals surface area (Å²) in [7, 11) is 0.